The normalized spacial score (nSPS) is 17.7. The van der Waals surface area contributed by atoms with Gasteiger partial charge < -0.3 is 10.5 Å². The molecular formula is C17H35NO3. The zero-order valence-electron chi connectivity index (χ0n) is 14.9. The van der Waals surface area contributed by atoms with E-state index >= 15 is 0 Å². The molecule has 0 bridgehead atoms. The summed E-state index contributed by atoms with van der Waals surface area (Å²) in [6, 6.07) is 0. The number of primary amides is 1. The molecule has 4 nitrogen and oxygen atoms in total. The van der Waals surface area contributed by atoms with Crippen LogP contribution in [0.2, 0.25) is 0 Å². The van der Waals surface area contributed by atoms with E-state index in [9.17, 15) is 9.59 Å². The SMILES string of the molecule is CC(=O)C(C)C.CC(C)C(N)=O.CC(C)C1CCCCO1. The molecular weight excluding hydrogens is 266 g/mol. The smallest absolute Gasteiger partial charge is 0.219 e. The van der Waals surface area contributed by atoms with E-state index in [4.69, 9.17) is 10.5 Å². The van der Waals surface area contributed by atoms with Crippen molar-refractivity contribution in [3.8, 4) is 0 Å². The summed E-state index contributed by atoms with van der Waals surface area (Å²) in [5.41, 5.74) is 4.80. The number of carbonyl (C=O) groups excluding carboxylic acids is 2. The third-order valence-corrected chi connectivity index (χ3v) is 3.34. The van der Waals surface area contributed by atoms with Gasteiger partial charge in [0.15, 0.2) is 0 Å². The number of rotatable bonds is 3. The van der Waals surface area contributed by atoms with Crippen LogP contribution in [-0.4, -0.2) is 24.4 Å². The lowest BCUT2D eigenvalue weighted by Crippen LogP contribution is -2.24. The highest BCUT2D eigenvalue weighted by atomic mass is 16.5. The van der Waals surface area contributed by atoms with Gasteiger partial charge >= 0.3 is 0 Å². The van der Waals surface area contributed by atoms with Crippen molar-refractivity contribution in [2.75, 3.05) is 6.61 Å². The van der Waals surface area contributed by atoms with E-state index in [1.807, 2.05) is 13.8 Å². The highest BCUT2D eigenvalue weighted by molar-refractivity contribution is 5.77. The van der Waals surface area contributed by atoms with Crippen molar-refractivity contribution in [1.82, 2.24) is 0 Å². The lowest BCUT2D eigenvalue weighted by atomic mass is 9.99. The number of hydrogen-bond acceptors (Lipinski definition) is 3. The number of amides is 1. The van der Waals surface area contributed by atoms with Crippen molar-refractivity contribution in [2.24, 2.45) is 23.5 Å². The molecule has 1 unspecified atom stereocenters. The standard InChI is InChI=1S/C8H16O.C5H10O.C4H9NO/c1-7(2)8-5-3-4-6-9-8;1-4(2)5(3)6;1-3(2)4(5)6/h7-8H,3-6H2,1-2H3;4H,1-3H3;3H,1-2H3,(H2,5,6). The van der Waals surface area contributed by atoms with Crippen molar-refractivity contribution in [2.45, 2.75) is 73.8 Å². The largest absolute Gasteiger partial charge is 0.378 e. The van der Waals surface area contributed by atoms with Gasteiger partial charge in [-0.3, -0.25) is 9.59 Å². The molecule has 2 N–H and O–H groups in total. The van der Waals surface area contributed by atoms with Crippen LogP contribution in [0.5, 0.6) is 0 Å². The van der Waals surface area contributed by atoms with Gasteiger partial charge in [-0.05, 0) is 32.1 Å². The first-order valence-electron chi connectivity index (χ1n) is 8.00. The molecule has 1 heterocycles. The van der Waals surface area contributed by atoms with Gasteiger partial charge in [0.2, 0.25) is 5.91 Å². The lowest BCUT2D eigenvalue weighted by Gasteiger charge is -2.25. The molecule has 0 aromatic carbocycles. The number of nitrogens with two attached hydrogens (primary N) is 1. The Balaban J connectivity index is 0. The number of ketones is 1. The third kappa shape index (κ3) is 15.3. The molecule has 1 saturated heterocycles. The average Bonchev–Trinajstić information content (AvgIpc) is 2.40. The van der Waals surface area contributed by atoms with Gasteiger partial charge in [-0.2, -0.15) is 0 Å². The van der Waals surface area contributed by atoms with Crippen LogP contribution in [-0.2, 0) is 14.3 Å². The lowest BCUT2D eigenvalue weighted by molar-refractivity contribution is -0.121. The fourth-order valence-electron chi connectivity index (χ4n) is 1.29. The topological polar surface area (TPSA) is 69.4 Å². The van der Waals surface area contributed by atoms with E-state index in [2.05, 4.69) is 13.8 Å². The van der Waals surface area contributed by atoms with Gasteiger partial charge in [0, 0.05) is 18.4 Å². The van der Waals surface area contributed by atoms with E-state index in [-0.39, 0.29) is 23.5 Å². The molecule has 1 atom stereocenters. The van der Waals surface area contributed by atoms with Crippen LogP contribution in [0.15, 0.2) is 0 Å². The summed E-state index contributed by atoms with van der Waals surface area (Å²) >= 11 is 0. The van der Waals surface area contributed by atoms with Crippen LogP contribution < -0.4 is 5.73 Å². The second-order valence-corrected chi connectivity index (χ2v) is 6.47. The minimum atomic E-state index is -0.241. The summed E-state index contributed by atoms with van der Waals surface area (Å²) in [5, 5.41) is 0. The summed E-state index contributed by atoms with van der Waals surface area (Å²) in [5.74, 6) is 0.935. The molecule has 0 saturated carbocycles. The van der Waals surface area contributed by atoms with Gasteiger partial charge in [0.05, 0.1) is 6.10 Å². The number of ether oxygens (including phenoxy) is 1. The van der Waals surface area contributed by atoms with Crippen LogP contribution in [0.4, 0.5) is 0 Å². The van der Waals surface area contributed by atoms with Gasteiger partial charge in [-0.25, -0.2) is 0 Å². The maximum absolute atomic E-state index is 10.1. The predicted octanol–water partition coefficient (Wildman–Crippen LogP) is 3.57. The van der Waals surface area contributed by atoms with Gasteiger partial charge in [-0.1, -0.05) is 41.5 Å². The molecule has 126 valence electrons. The molecule has 0 aromatic heterocycles. The third-order valence-electron chi connectivity index (χ3n) is 3.34. The second-order valence-electron chi connectivity index (χ2n) is 6.47. The second kappa shape index (κ2) is 12.8. The maximum Gasteiger partial charge on any atom is 0.219 e. The first-order chi connectivity index (χ1) is 9.59. The van der Waals surface area contributed by atoms with E-state index in [1.165, 1.54) is 19.3 Å². The van der Waals surface area contributed by atoms with E-state index in [1.54, 1.807) is 20.8 Å². The molecule has 0 radical (unpaired) electrons. The van der Waals surface area contributed by atoms with Crippen molar-refractivity contribution in [3.63, 3.8) is 0 Å². The van der Waals surface area contributed by atoms with Crippen LogP contribution in [0.25, 0.3) is 0 Å². The Labute approximate surface area is 130 Å². The van der Waals surface area contributed by atoms with E-state index in [0.717, 1.165) is 6.61 Å². The van der Waals surface area contributed by atoms with Gasteiger partial charge in [0.1, 0.15) is 5.78 Å². The molecule has 1 rings (SSSR count). The fourth-order valence-corrected chi connectivity index (χ4v) is 1.29. The Bertz CT molecular complexity index is 262. The first kappa shape index (κ1) is 22.4. The monoisotopic (exact) mass is 301 g/mol. The highest BCUT2D eigenvalue weighted by Crippen LogP contribution is 2.18. The molecule has 4 heteroatoms. The minimum absolute atomic E-state index is 0.00926. The van der Waals surface area contributed by atoms with Crippen molar-refractivity contribution in [3.05, 3.63) is 0 Å². The number of Topliss-reactive ketones (excluding diaryl/α,β-unsaturated/α-hetero) is 1. The Morgan fingerprint density at radius 2 is 1.43 bits per heavy atom. The van der Waals surface area contributed by atoms with Gasteiger partial charge in [-0.15, -0.1) is 0 Å². The van der Waals surface area contributed by atoms with Gasteiger partial charge in [0.25, 0.3) is 0 Å². The molecule has 1 fully saturated rings. The van der Waals surface area contributed by atoms with Crippen molar-refractivity contribution < 1.29 is 14.3 Å². The van der Waals surface area contributed by atoms with E-state index in [0.29, 0.717) is 12.0 Å². The molecule has 0 spiro atoms. The zero-order valence-corrected chi connectivity index (χ0v) is 14.9. The molecule has 0 aromatic rings. The first-order valence-corrected chi connectivity index (χ1v) is 8.00. The Morgan fingerprint density at radius 3 is 1.57 bits per heavy atom. The number of hydrogen-bond donors (Lipinski definition) is 1. The Hall–Kier alpha value is -0.900. The Kier molecular flexibility index (Phi) is 13.7. The summed E-state index contributed by atoms with van der Waals surface area (Å²) in [4.78, 5) is 20.1. The fraction of sp³-hybridized carbons (Fsp3) is 0.882. The minimum Gasteiger partial charge on any atom is -0.378 e. The molecule has 1 aliphatic rings. The summed E-state index contributed by atoms with van der Waals surface area (Å²) in [7, 11) is 0. The highest BCUT2D eigenvalue weighted by Gasteiger charge is 2.16. The van der Waals surface area contributed by atoms with Crippen LogP contribution in [0.3, 0.4) is 0 Å². The predicted molar refractivity (Wildman–Crippen MR) is 88.0 cm³/mol. The van der Waals surface area contributed by atoms with Crippen molar-refractivity contribution in [1.29, 1.82) is 0 Å². The number of carbonyl (C=O) groups is 2. The zero-order chi connectivity index (χ0) is 17.0. The maximum atomic E-state index is 10.1. The summed E-state index contributed by atoms with van der Waals surface area (Å²) in [6.07, 6.45) is 4.46. The Morgan fingerprint density at radius 1 is 1.00 bits per heavy atom. The van der Waals surface area contributed by atoms with Crippen LogP contribution >= 0.6 is 0 Å². The quantitative estimate of drug-likeness (QED) is 0.866. The van der Waals surface area contributed by atoms with Crippen molar-refractivity contribution >= 4 is 11.7 Å². The summed E-state index contributed by atoms with van der Waals surface area (Å²) < 4.78 is 5.54. The van der Waals surface area contributed by atoms with E-state index < -0.39 is 0 Å². The average molecular weight is 301 g/mol. The molecule has 0 aliphatic carbocycles. The molecule has 1 aliphatic heterocycles. The molecule has 1 amide bonds. The van der Waals surface area contributed by atoms with Crippen LogP contribution in [0, 0.1) is 17.8 Å². The van der Waals surface area contributed by atoms with Crippen LogP contribution in [0.1, 0.15) is 67.7 Å². The summed E-state index contributed by atoms with van der Waals surface area (Å²) in [6.45, 7) is 14.4. The molecule has 21 heavy (non-hydrogen) atoms.